The van der Waals surface area contributed by atoms with E-state index in [-0.39, 0.29) is 17.9 Å². The number of carbonyl (C=O) groups is 1. The Morgan fingerprint density at radius 3 is 2.42 bits per heavy atom. The first-order valence-corrected chi connectivity index (χ1v) is 8.58. The first-order chi connectivity index (χ1) is 11.5. The lowest BCUT2D eigenvalue weighted by Gasteiger charge is -2.11. The highest BCUT2D eigenvalue weighted by Gasteiger charge is 2.19. The number of sulfonamides is 1. The average molecular weight is 350 g/mol. The van der Waals surface area contributed by atoms with Gasteiger partial charge in [0.15, 0.2) is 0 Å². The van der Waals surface area contributed by atoms with Gasteiger partial charge in [-0.2, -0.15) is 0 Å². The summed E-state index contributed by atoms with van der Waals surface area (Å²) in [5, 5.41) is 8.61. The smallest absolute Gasteiger partial charge is 0.247 e. The van der Waals surface area contributed by atoms with E-state index in [2.05, 4.69) is 4.72 Å². The zero-order chi connectivity index (χ0) is 17.6. The van der Waals surface area contributed by atoms with E-state index < -0.39 is 15.9 Å². The van der Waals surface area contributed by atoms with Crippen molar-refractivity contribution in [2.75, 3.05) is 7.11 Å². The van der Waals surface area contributed by atoms with Gasteiger partial charge in [0.05, 0.1) is 18.4 Å². The molecule has 8 heteroatoms. The van der Waals surface area contributed by atoms with Crippen LogP contribution in [0.5, 0.6) is 5.75 Å². The van der Waals surface area contributed by atoms with Crippen molar-refractivity contribution in [3.63, 3.8) is 0 Å². The van der Waals surface area contributed by atoms with Gasteiger partial charge in [-0.1, -0.05) is 30.3 Å². The summed E-state index contributed by atoms with van der Waals surface area (Å²) < 4.78 is 32.5. The van der Waals surface area contributed by atoms with Crippen LogP contribution < -0.4 is 14.9 Å². The van der Waals surface area contributed by atoms with Crippen molar-refractivity contribution in [2.24, 2.45) is 0 Å². The maximum atomic E-state index is 12.5. The van der Waals surface area contributed by atoms with Gasteiger partial charge in [0, 0.05) is 6.54 Å². The van der Waals surface area contributed by atoms with E-state index >= 15 is 0 Å². The Bertz CT molecular complexity index is 803. The van der Waals surface area contributed by atoms with E-state index in [0.717, 1.165) is 5.56 Å². The van der Waals surface area contributed by atoms with Crippen LogP contribution in [0, 0.1) is 0 Å². The molecule has 0 fully saturated rings. The fourth-order valence-electron chi connectivity index (χ4n) is 2.12. The number of ether oxygens (including phenoxy) is 1. The molecular weight excluding hydrogens is 332 g/mol. The molecule has 1 amide bonds. The molecule has 0 saturated heterocycles. The SMILES string of the molecule is COc1ccc(CNS(=O)(=O)c2ccccc2CC(=O)NO)cc1. The van der Waals surface area contributed by atoms with Crippen LogP contribution in [0.4, 0.5) is 0 Å². The van der Waals surface area contributed by atoms with Gasteiger partial charge in [-0.25, -0.2) is 18.6 Å². The second-order valence-corrected chi connectivity index (χ2v) is 6.73. The van der Waals surface area contributed by atoms with Crippen LogP contribution in [-0.4, -0.2) is 26.6 Å². The Morgan fingerprint density at radius 1 is 1.12 bits per heavy atom. The van der Waals surface area contributed by atoms with Crippen molar-refractivity contribution < 1.29 is 23.2 Å². The molecule has 2 aromatic rings. The molecule has 0 aliphatic carbocycles. The molecule has 24 heavy (non-hydrogen) atoms. The summed E-state index contributed by atoms with van der Waals surface area (Å²) in [4.78, 5) is 11.3. The van der Waals surface area contributed by atoms with Crippen molar-refractivity contribution in [1.82, 2.24) is 10.2 Å². The molecule has 0 heterocycles. The quantitative estimate of drug-likeness (QED) is 0.514. The second-order valence-electron chi connectivity index (χ2n) is 4.99. The number of rotatable bonds is 7. The van der Waals surface area contributed by atoms with Crippen LogP contribution in [0.1, 0.15) is 11.1 Å². The van der Waals surface area contributed by atoms with Gasteiger partial charge in [-0.3, -0.25) is 10.0 Å². The van der Waals surface area contributed by atoms with E-state index in [4.69, 9.17) is 9.94 Å². The third-order valence-corrected chi connectivity index (χ3v) is 4.86. The highest BCUT2D eigenvalue weighted by molar-refractivity contribution is 7.89. The summed E-state index contributed by atoms with van der Waals surface area (Å²) in [5.74, 6) is -0.00484. The first-order valence-electron chi connectivity index (χ1n) is 7.09. The van der Waals surface area contributed by atoms with Crippen molar-refractivity contribution >= 4 is 15.9 Å². The fourth-order valence-corrected chi connectivity index (χ4v) is 3.38. The number of carbonyl (C=O) groups excluding carboxylic acids is 1. The Balaban J connectivity index is 2.16. The van der Waals surface area contributed by atoms with Gasteiger partial charge in [0.2, 0.25) is 15.9 Å². The number of amides is 1. The van der Waals surface area contributed by atoms with E-state index in [0.29, 0.717) is 11.3 Å². The minimum atomic E-state index is -3.80. The summed E-state index contributed by atoms with van der Waals surface area (Å²) in [6, 6.07) is 13.1. The number of benzene rings is 2. The molecule has 0 bridgehead atoms. The molecule has 7 nitrogen and oxygen atoms in total. The second kappa shape index (κ2) is 7.91. The number of hydroxylamine groups is 1. The third-order valence-electron chi connectivity index (χ3n) is 3.36. The Labute approximate surface area is 140 Å². The minimum absolute atomic E-state index is 0.00196. The minimum Gasteiger partial charge on any atom is -0.497 e. The highest BCUT2D eigenvalue weighted by Crippen LogP contribution is 2.17. The van der Waals surface area contributed by atoms with Gasteiger partial charge in [-0.05, 0) is 29.3 Å². The van der Waals surface area contributed by atoms with Gasteiger partial charge in [-0.15, -0.1) is 0 Å². The van der Waals surface area contributed by atoms with Crippen molar-refractivity contribution in [1.29, 1.82) is 0 Å². The van der Waals surface area contributed by atoms with Crippen LogP contribution in [0.25, 0.3) is 0 Å². The Kier molecular flexibility index (Phi) is 5.91. The molecule has 0 aliphatic heterocycles. The summed E-state index contributed by atoms with van der Waals surface area (Å²) in [5.41, 5.74) is 2.56. The standard InChI is InChI=1S/C16H18N2O5S/c1-23-14-8-6-12(7-9-14)11-17-24(21,22)15-5-3-2-4-13(15)10-16(19)18-20/h2-9,17,20H,10-11H2,1H3,(H,18,19). The molecule has 2 aromatic carbocycles. The zero-order valence-electron chi connectivity index (χ0n) is 13.0. The number of methoxy groups -OCH3 is 1. The summed E-state index contributed by atoms with van der Waals surface area (Å²) in [6.45, 7) is 0.104. The number of hydrogen-bond donors (Lipinski definition) is 3. The maximum Gasteiger partial charge on any atom is 0.247 e. The van der Waals surface area contributed by atoms with E-state index in [9.17, 15) is 13.2 Å². The normalized spacial score (nSPS) is 11.1. The van der Waals surface area contributed by atoms with Gasteiger partial charge in [0.25, 0.3) is 0 Å². The monoisotopic (exact) mass is 350 g/mol. The van der Waals surface area contributed by atoms with E-state index in [1.165, 1.54) is 17.6 Å². The van der Waals surface area contributed by atoms with Crippen LogP contribution in [0.2, 0.25) is 0 Å². The molecule has 0 radical (unpaired) electrons. The number of nitrogens with one attached hydrogen (secondary N) is 2. The molecule has 0 atom stereocenters. The van der Waals surface area contributed by atoms with Crippen LogP contribution in [-0.2, 0) is 27.8 Å². The molecule has 0 aliphatic rings. The predicted molar refractivity (Wildman–Crippen MR) is 87.1 cm³/mol. The molecule has 128 valence electrons. The predicted octanol–water partition coefficient (Wildman–Crippen LogP) is 1.22. The largest absolute Gasteiger partial charge is 0.497 e. The zero-order valence-corrected chi connectivity index (χ0v) is 13.8. The van der Waals surface area contributed by atoms with Gasteiger partial charge >= 0.3 is 0 Å². The van der Waals surface area contributed by atoms with E-state index in [1.807, 2.05) is 0 Å². The topological polar surface area (TPSA) is 105 Å². The number of hydrogen-bond acceptors (Lipinski definition) is 5. The summed E-state index contributed by atoms with van der Waals surface area (Å²) in [7, 11) is -2.25. The third kappa shape index (κ3) is 4.54. The fraction of sp³-hybridized carbons (Fsp3) is 0.188. The van der Waals surface area contributed by atoms with Crippen LogP contribution in [0.15, 0.2) is 53.4 Å². The lowest BCUT2D eigenvalue weighted by molar-refractivity contribution is -0.128. The molecule has 2 rings (SSSR count). The van der Waals surface area contributed by atoms with Crippen molar-refractivity contribution in [3.05, 3.63) is 59.7 Å². The molecular formula is C16H18N2O5S. The molecule has 0 aromatic heterocycles. The van der Waals surface area contributed by atoms with Crippen LogP contribution in [0.3, 0.4) is 0 Å². The Hall–Kier alpha value is -2.42. The lowest BCUT2D eigenvalue weighted by Crippen LogP contribution is -2.26. The summed E-state index contributed by atoms with van der Waals surface area (Å²) >= 11 is 0. The molecule has 3 N–H and O–H groups in total. The molecule has 0 unspecified atom stereocenters. The summed E-state index contributed by atoms with van der Waals surface area (Å²) in [6.07, 6.45) is -0.240. The van der Waals surface area contributed by atoms with Crippen LogP contribution >= 0.6 is 0 Å². The first kappa shape index (κ1) is 17.9. The maximum absolute atomic E-state index is 12.5. The van der Waals surface area contributed by atoms with Gasteiger partial charge < -0.3 is 4.74 Å². The van der Waals surface area contributed by atoms with Crippen molar-refractivity contribution in [3.8, 4) is 5.75 Å². The average Bonchev–Trinajstić information content (AvgIpc) is 2.60. The highest BCUT2D eigenvalue weighted by atomic mass is 32.2. The Morgan fingerprint density at radius 2 is 1.79 bits per heavy atom. The van der Waals surface area contributed by atoms with Crippen molar-refractivity contribution in [2.45, 2.75) is 17.9 Å². The lowest BCUT2D eigenvalue weighted by atomic mass is 10.1. The molecule has 0 saturated carbocycles. The van der Waals surface area contributed by atoms with Gasteiger partial charge in [0.1, 0.15) is 5.75 Å². The molecule has 0 spiro atoms. The van der Waals surface area contributed by atoms with E-state index in [1.54, 1.807) is 43.5 Å².